The molecule has 1 atom stereocenters. The van der Waals surface area contributed by atoms with Crippen LogP contribution in [-0.2, 0) is 0 Å². The van der Waals surface area contributed by atoms with Gasteiger partial charge in [-0.15, -0.1) is 0 Å². The third-order valence-electron chi connectivity index (χ3n) is 4.11. The number of hydrogen-bond donors (Lipinski definition) is 1. The van der Waals surface area contributed by atoms with Crippen molar-refractivity contribution in [1.29, 1.82) is 0 Å². The number of benzene rings is 1. The van der Waals surface area contributed by atoms with Crippen LogP contribution >= 0.6 is 0 Å². The number of aryl methyl sites for hydroxylation is 1. The first-order valence-corrected chi connectivity index (χ1v) is 7.53. The molecule has 1 N–H and O–H groups in total. The van der Waals surface area contributed by atoms with E-state index in [9.17, 15) is 0 Å². The van der Waals surface area contributed by atoms with Crippen molar-refractivity contribution in [3.05, 3.63) is 29.3 Å². The maximum atomic E-state index is 5.34. The number of nitrogens with zero attached hydrogens (tertiary/aromatic N) is 1. The van der Waals surface area contributed by atoms with Gasteiger partial charge in [0.1, 0.15) is 5.75 Å². The molecule has 0 aromatic heterocycles. The third kappa shape index (κ3) is 3.33. The quantitative estimate of drug-likeness (QED) is 0.918. The zero-order valence-corrected chi connectivity index (χ0v) is 13.5. The van der Waals surface area contributed by atoms with E-state index < -0.39 is 0 Å². The molecule has 1 aromatic carbocycles. The number of nitrogens with one attached hydrogen (secondary N) is 1. The molecular weight excluding hydrogens is 248 g/mol. The van der Waals surface area contributed by atoms with Crippen molar-refractivity contribution in [2.45, 2.75) is 33.7 Å². The molecule has 3 heteroatoms. The maximum Gasteiger partial charge on any atom is 0.119 e. The van der Waals surface area contributed by atoms with Crippen LogP contribution in [0, 0.1) is 12.3 Å². The molecule has 0 unspecified atom stereocenters. The van der Waals surface area contributed by atoms with Gasteiger partial charge in [0, 0.05) is 32.2 Å². The third-order valence-corrected chi connectivity index (χ3v) is 4.11. The summed E-state index contributed by atoms with van der Waals surface area (Å²) in [7, 11) is 1.73. The van der Waals surface area contributed by atoms with Crippen molar-refractivity contribution < 1.29 is 4.74 Å². The minimum absolute atomic E-state index is 0.219. The van der Waals surface area contributed by atoms with Gasteiger partial charge in [-0.1, -0.05) is 26.8 Å². The lowest BCUT2D eigenvalue weighted by atomic mass is 9.79. The van der Waals surface area contributed by atoms with Crippen LogP contribution in [0.5, 0.6) is 5.75 Å². The molecule has 0 amide bonds. The van der Waals surface area contributed by atoms with E-state index in [1.165, 1.54) is 11.1 Å². The molecule has 1 fully saturated rings. The monoisotopic (exact) mass is 276 g/mol. The van der Waals surface area contributed by atoms with E-state index in [0.717, 1.165) is 31.9 Å². The minimum atomic E-state index is 0.219. The molecule has 2 rings (SSSR count). The van der Waals surface area contributed by atoms with Crippen molar-refractivity contribution in [2.75, 3.05) is 33.3 Å². The van der Waals surface area contributed by atoms with Gasteiger partial charge in [-0.05, 0) is 35.6 Å². The standard InChI is InChI=1S/C17H28N2O/c1-13-12-14(20-5)6-7-15(13)16(17(2,3)4)19-10-8-18-9-11-19/h6-7,12,16,18H,8-11H2,1-5H3/t16-/m0/s1. The Bertz CT molecular complexity index is 445. The van der Waals surface area contributed by atoms with Crippen molar-refractivity contribution in [2.24, 2.45) is 5.41 Å². The van der Waals surface area contributed by atoms with Gasteiger partial charge in [-0.3, -0.25) is 4.90 Å². The van der Waals surface area contributed by atoms with Gasteiger partial charge in [0.15, 0.2) is 0 Å². The number of ether oxygens (including phenoxy) is 1. The SMILES string of the molecule is COc1ccc([C@H](N2CCNCC2)C(C)(C)C)c(C)c1. The van der Waals surface area contributed by atoms with E-state index >= 15 is 0 Å². The van der Waals surface area contributed by atoms with Gasteiger partial charge in [0.05, 0.1) is 7.11 Å². The summed E-state index contributed by atoms with van der Waals surface area (Å²) in [6.07, 6.45) is 0. The van der Waals surface area contributed by atoms with Gasteiger partial charge >= 0.3 is 0 Å². The first-order chi connectivity index (χ1) is 9.43. The van der Waals surface area contributed by atoms with Crippen LogP contribution in [0.4, 0.5) is 0 Å². The molecule has 0 spiro atoms. The second kappa shape index (κ2) is 6.15. The second-order valence-electron chi connectivity index (χ2n) is 6.78. The fourth-order valence-electron chi connectivity index (χ4n) is 3.23. The Morgan fingerprint density at radius 3 is 2.35 bits per heavy atom. The molecule has 1 aromatic rings. The highest BCUT2D eigenvalue weighted by atomic mass is 16.5. The Labute approximate surface area is 123 Å². The van der Waals surface area contributed by atoms with Crippen LogP contribution in [0.3, 0.4) is 0 Å². The van der Waals surface area contributed by atoms with Crippen molar-refractivity contribution in [3.63, 3.8) is 0 Å². The molecule has 0 saturated carbocycles. The lowest BCUT2D eigenvalue weighted by molar-refractivity contribution is 0.0857. The molecule has 1 saturated heterocycles. The molecule has 20 heavy (non-hydrogen) atoms. The fourth-order valence-corrected chi connectivity index (χ4v) is 3.23. The highest BCUT2D eigenvalue weighted by Gasteiger charge is 2.33. The van der Waals surface area contributed by atoms with Crippen LogP contribution in [-0.4, -0.2) is 38.2 Å². The largest absolute Gasteiger partial charge is 0.497 e. The second-order valence-corrected chi connectivity index (χ2v) is 6.78. The maximum absolute atomic E-state index is 5.34. The number of piperazine rings is 1. The number of rotatable bonds is 3. The topological polar surface area (TPSA) is 24.5 Å². The zero-order chi connectivity index (χ0) is 14.8. The van der Waals surface area contributed by atoms with E-state index in [1.807, 2.05) is 0 Å². The fraction of sp³-hybridized carbons (Fsp3) is 0.647. The van der Waals surface area contributed by atoms with Crippen LogP contribution in [0.25, 0.3) is 0 Å². The van der Waals surface area contributed by atoms with Gasteiger partial charge < -0.3 is 10.1 Å². The van der Waals surface area contributed by atoms with Crippen LogP contribution < -0.4 is 10.1 Å². The summed E-state index contributed by atoms with van der Waals surface area (Å²) in [6.45, 7) is 13.6. The summed E-state index contributed by atoms with van der Waals surface area (Å²) in [5, 5.41) is 3.44. The summed E-state index contributed by atoms with van der Waals surface area (Å²) in [4.78, 5) is 2.62. The summed E-state index contributed by atoms with van der Waals surface area (Å²) in [5.41, 5.74) is 2.97. The van der Waals surface area contributed by atoms with E-state index in [4.69, 9.17) is 4.74 Å². The summed E-state index contributed by atoms with van der Waals surface area (Å²) in [6, 6.07) is 6.93. The number of methoxy groups -OCH3 is 1. The summed E-state index contributed by atoms with van der Waals surface area (Å²) in [5.74, 6) is 0.944. The molecule has 0 radical (unpaired) electrons. The lowest BCUT2D eigenvalue weighted by Gasteiger charge is -2.43. The molecule has 3 nitrogen and oxygen atoms in total. The van der Waals surface area contributed by atoms with Gasteiger partial charge in [-0.25, -0.2) is 0 Å². The highest BCUT2D eigenvalue weighted by molar-refractivity contribution is 5.37. The van der Waals surface area contributed by atoms with Gasteiger partial charge in [0.25, 0.3) is 0 Å². The molecule has 112 valence electrons. The molecule has 0 aliphatic carbocycles. The summed E-state index contributed by atoms with van der Waals surface area (Å²) >= 11 is 0. The summed E-state index contributed by atoms with van der Waals surface area (Å²) < 4.78 is 5.34. The zero-order valence-electron chi connectivity index (χ0n) is 13.5. The Morgan fingerprint density at radius 2 is 1.85 bits per heavy atom. The first kappa shape index (κ1) is 15.3. The lowest BCUT2D eigenvalue weighted by Crippen LogP contribution is -2.48. The predicted molar refractivity (Wildman–Crippen MR) is 84.4 cm³/mol. The Morgan fingerprint density at radius 1 is 1.20 bits per heavy atom. The average Bonchev–Trinajstić information content (AvgIpc) is 2.40. The normalized spacial score (nSPS) is 18.9. The van der Waals surface area contributed by atoms with E-state index in [2.05, 4.69) is 56.1 Å². The Kier molecular flexibility index (Phi) is 4.71. The van der Waals surface area contributed by atoms with Crippen molar-refractivity contribution in [1.82, 2.24) is 10.2 Å². The van der Waals surface area contributed by atoms with Gasteiger partial charge in [-0.2, -0.15) is 0 Å². The van der Waals surface area contributed by atoms with Crippen LogP contribution in [0.2, 0.25) is 0 Å². The van der Waals surface area contributed by atoms with Crippen LogP contribution in [0.1, 0.15) is 37.9 Å². The Hall–Kier alpha value is -1.06. The highest BCUT2D eigenvalue weighted by Crippen LogP contribution is 2.40. The van der Waals surface area contributed by atoms with E-state index in [0.29, 0.717) is 6.04 Å². The smallest absolute Gasteiger partial charge is 0.119 e. The first-order valence-electron chi connectivity index (χ1n) is 7.53. The minimum Gasteiger partial charge on any atom is -0.497 e. The van der Waals surface area contributed by atoms with Gasteiger partial charge in [0.2, 0.25) is 0 Å². The molecular formula is C17H28N2O. The van der Waals surface area contributed by atoms with Crippen molar-refractivity contribution in [3.8, 4) is 5.75 Å². The van der Waals surface area contributed by atoms with E-state index in [1.54, 1.807) is 7.11 Å². The number of hydrogen-bond acceptors (Lipinski definition) is 3. The molecule has 1 aliphatic heterocycles. The predicted octanol–water partition coefficient (Wildman–Crippen LogP) is 3.00. The van der Waals surface area contributed by atoms with E-state index in [-0.39, 0.29) is 5.41 Å². The molecule has 1 aliphatic rings. The van der Waals surface area contributed by atoms with Crippen LogP contribution in [0.15, 0.2) is 18.2 Å². The average molecular weight is 276 g/mol. The van der Waals surface area contributed by atoms with Crippen molar-refractivity contribution >= 4 is 0 Å². The Balaban J connectivity index is 2.35. The molecule has 0 bridgehead atoms. The molecule has 1 heterocycles.